The van der Waals surface area contributed by atoms with Gasteiger partial charge in [-0.15, -0.1) is 0 Å². The van der Waals surface area contributed by atoms with E-state index in [1.165, 1.54) is 0 Å². The Kier molecular flexibility index (Phi) is 2.53. The van der Waals surface area contributed by atoms with Gasteiger partial charge in [-0.25, -0.2) is 9.78 Å². The van der Waals surface area contributed by atoms with Gasteiger partial charge in [0.05, 0.1) is 11.7 Å². The van der Waals surface area contributed by atoms with E-state index in [-0.39, 0.29) is 6.10 Å². The molecule has 6 heteroatoms. The van der Waals surface area contributed by atoms with Crippen LogP contribution in [-0.2, 0) is 9.53 Å². The highest BCUT2D eigenvalue weighted by molar-refractivity contribution is 5.75. The van der Waals surface area contributed by atoms with Crippen LogP contribution in [0.15, 0.2) is 18.5 Å². The Labute approximate surface area is 115 Å². The molecule has 2 atom stereocenters. The largest absolute Gasteiger partial charge is 0.479 e. The van der Waals surface area contributed by atoms with E-state index >= 15 is 0 Å². The predicted molar refractivity (Wildman–Crippen MR) is 70.3 cm³/mol. The van der Waals surface area contributed by atoms with Crippen LogP contribution in [0.5, 0.6) is 0 Å². The number of pyridine rings is 1. The molecule has 104 valence electrons. The molecule has 1 aliphatic carbocycles. The number of carboxylic acid groups (broad SMARTS) is 1. The number of hydrogen-bond acceptors (Lipinski definition) is 4. The van der Waals surface area contributed by atoms with Crippen molar-refractivity contribution in [2.24, 2.45) is 0 Å². The number of fused-ring (bicyclic) bond motifs is 1. The maximum absolute atomic E-state index is 11.0. The Morgan fingerprint density at radius 2 is 2.20 bits per heavy atom. The average Bonchev–Trinajstić information content (AvgIpc) is 3.04. The van der Waals surface area contributed by atoms with Crippen molar-refractivity contribution < 1.29 is 14.6 Å². The highest BCUT2D eigenvalue weighted by Crippen LogP contribution is 2.42. The fourth-order valence-corrected chi connectivity index (χ4v) is 2.92. The van der Waals surface area contributed by atoms with E-state index in [0.717, 1.165) is 29.7 Å². The highest BCUT2D eigenvalue weighted by Gasteiger charge is 2.37. The molecule has 2 aromatic rings. The van der Waals surface area contributed by atoms with Gasteiger partial charge in [0.25, 0.3) is 0 Å². The van der Waals surface area contributed by atoms with E-state index in [0.29, 0.717) is 18.9 Å². The molecule has 6 nitrogen and oxygen atoms in total. The molecule has 0 amide bonds. The Balaban J connectivity index is 1.76. The average molecular weight is 273 g/mol. The van der Waals surface area contributed by atoms with Gasteiger partial charge < -0.3 is 14.4 Å². The summed E-state index contributed by atoms with van der Waals surface area (Å²) in [5.41, 5.74) is 1.93. The molecule has 1 saturated carbocycles. The molecule has 1 saturated heterocycles. The first-order valence-electron chi connectivity index (χ1n) is 6.94. The second kappa shape index (κ2) is 4.28. The summed E-state index contributed by atoms with van der Waals surface area (Å²) in [6.07, 6.45) is 6.15. The van der Waals surface area contributed by atoms with Gasteiger partial charge in [0.2, 0.25) is 0 Å². The van der Waals surface area contributed by atoms with Crippen LogP contribution in [0.2, 0.25) is 0 Å². The van der Waals surface area contributed by atoms with E-state index in [4.69, 9.17) is 9.84 Å². The van der Waals surface area contributed by atoms with Gasteiger partial charge in [-0.2, -0.15) is 0 Å². The number of carboxylic acids is 1. The third kappa shape index (κ3) is 1.79. The number of carbonyl (C=O) groups is 1. The standard InChI is InChI=1S/C14H15N3O3/c18-14(19)12-4-3-11(20-12)13-16-9-7-15-6-5-10(9)17(13)8-1-2-8/h5-8,11-12H,1-4H2,(H,18,19). The van der Waals surface area contributed by atoms with Crippen molar-refractivity contribution in [1.82, 2.24) is 14.5 Å². The Hall–Kier alpha value is -1.95. The predicted octanol–water partition coefficient (Wildman–Crippen LogP) is 2.07. The molecule has 2 aliphatic rings. The van der Waals surface area contributed by atoms with Crippen LogP contribution in [-0.4, -0.2) is 31.7 Å². The number of imidazole rings is 1. The van der Waals surface area contributed by atoms with Crippen molar-refractivity contribution in [3.05, 3.63) is 24.3 Å². The first-order chi connectivity index (χ1) is 9.74. The van der Waals surface area contributed by atoms with Gasteiger partial charge >= 0.3 is 5.97 Å². The number of ether oxygens (including phenoxy) is 1. The summed E-state index contributed by atoms with van der Waals surface area (Å²) in [6, 6.07) is 2.44. The smallest absolute Gasteiger partial charge is 0.332 e. The van der Waals surface area contributed by atoms with Crippen LogP contribution in [0.25, 0.3) is 11.0 Å². The second-order valence-electron chi connectivity index (χ2n) is 5.46. The fourth-order valence-electron chi connectivity index (χ4n) is 2.92. The zero-order chi connectivity index (χ0) is 13.7. The third-order valence-corrected chi connectivity index (χ3v) is 4.01. The van der Waals surface area contributed by atoms with Crippen molar-refractivity contribution in [2.75, 3.05) is 0 Å². The molecule has 2 aromatic heterocycles. The minimum Gasteiger partial charge on any atom is -0.479 e. The van der Waals surface area contributed by atoms with Crippen LogP contribution in [0.4, 0.5) is 0 Å². The SMILES string of the molecule is O=C(O)C1CCC(c2nc3cnccc3n2C2CC2)O1. The molecule has 1 aliphatic heterocycles. The van der Waals surface area contributed by atoms with E-state index in [1.54, 1.807) is 12.4 Å². The molecule has 0 bridgehead atoms. The third-order valence-electron chi connectivity index (χ3n) is 4.01. The van der Waals surface area contributed by atoms with E-state index in [1.807, 2.05) is 6.07 Å². The maximum Gasteiger partial charge on any atom is 0.332 e. The zero-order valence-electron chi connectivity index (χ0n) is 10.9. The number of aliphatic carboxylic acids is 1. The monoisotopic (exact) mass is 273 g/mol. The number of nitrogens with zero attached hydrogens (tertiary/aromatic N) is 3. The lowest BCUT2D eigenvalue weighted by atomic mass is 10.2. The van der Waals surface area contributed by atoms with Gasteiger partial charge in [0.1, 0.15) is 17.4 Å². The van der Waals surface area contributed by atoms with Crippen molar-refractivity contribution in [3.8, 4) is 0 Å². The van der Waals surface area contributed by atoms with Crippen LogP contribution in [0.3, 0.4) is 0 Å². The molecule has 20 heavy (non-hydrogen) atoms. The van der Waals surface area contributed by atoms with Crippen LogP contribution >= 0.6 is 0 Å². The van der Waals surface area contributed by atoms with E-state index < -0.39 is 12.1 Å². The lowest BCUT2D eigenvalue weighted by Crippen LogP contribution is -2.19. The Bertz CT molecular complexity index is 677. The van der Waals surface area contributed by atoms with Crippen molar-refractivity contribution in [2.45, 2.75) is 43.9 Å². The van der Waals surface area contributed by atoms with E-state index in [9.17, 15) is 4.79 Å². The van der Waals surface area contributed by atoms with Crippen molar-refractivity contribution >= 4 is 17.0 Å². The van der Waals surface area contributed by atoms with Gasteiger partial charge in [-0.3, -0.25) is 4.98 Å². The second-order valence-corrected chi connectivity index (χ2v) is 5.46. The topological polar surface area (TPSA) is 77.2 Å². The van der Waals surface area contributed by atoms with Gasteiger partial charge in [0, 0.05) is 12.2 Å². The van der Waals surface area contributed by atoms with Gasteiger partial charge in [-0.1, -0.05) is 0 Å². The Morgan fingerprint density at radius 3 is 2.90 bits per heavy atom. The number of rotatable bonds is 3. The normalized spacial score (nSPS) is 26.2. The lowest BCUT2D eigenvalue weighted by Gasteiger charge is -2.13. The lowest BCUT2D eigenvalue weighted by molar-refractivity contribution is -0.149. The van der Waals surface area contributed by atoms with Gasteiger partial charge in [-0.05, 0) is 31.7 Å². The summed E-state index contributed by atoms with van der Waals surface area (Å²) in [7, 11) is 0. The summed E-state index contributed by atoms with van der Waals surface area (Å²) in [4.78, 5) is 19.8. The molecule has 0 aromatic carbocycles. The van der Waals surface area contributed by atoms with E-state index in [2.05, 4.69) is 14.5 Å². The molecule has 0 radical (unpaired) electrons. The quantitative estimate of drug-likeness (QED) is 0.926. The summed E-state index contributed by atoms with van der Waals surface area (Å²) in [6.45, 7) is 0. The minimum atomic E-state index is -0.886. The first kappa shape index (κ1) is 11.8. The molecular formula is C14H15N3O3. The Morgan fingerprint density at radius 1 is 1.35 bits per heavy atom. The summed E-state index contributed by atoms with van der Waals surface area (Å²) in [5, 5.41) is 9.05. The molecule has 3 heterocycles. The molecule has 0 spiro atoms. The summed E-state index contributed by atoms with van der Waals surface area (Å²) in [5.74, 6) is -0.0255. The van der Waals surface area contributed by atoms with Crippen LogP contribution in [0, 0.1) is 0 Å². The molecule has 2 fully saturated rings. The zero-order valence-corrected chi connectivity index (χ0v) is 10.9. The summed E-state index contributed by atoms with van der Waals surface area (Å²) < 4.78 is 7.87. The highest BCUT2D eigenvalue weighted by atomic mass is 16.5. The summed E-state index contributed by atoms with van der Waals surface area (Å²) >= 11 is 0. The minimum absolute atomic E-state index is 0.218. The van der Waals surface area contributed by atoms with Crippen molar-refractivity contribution in [3.63, 3.8) is 0 Å². The first-order valence-corrected chi connectivity index (χ1v) is 6.94. The number of hydrogen-bond donors (Lipinski definition) is 1. The van der Waals surface area contributed by atoms with Gasteiger partial charge in [0.15, 0.2) is 6.10 Å². The van der Waals surface area contributed by atoms with Crippen LogP contribution < -0.4 is 0 Å². The molecule has 4 rings (SSSR count). The van der Waals surface area contributed by atoms with Crippen molar-refractivity contribution in [1.29, 1.82) is 0 Å². The molecule has 2 unspecified atom stereocenters. The molecule has 1 N–H and O–H groups in total. The number of aromatic nitrogens is 3. The fraction of sp³-hybridized carbons (Fsp3) is 0.500. The molecular weight excluding hydrogens is 258 g/mol. The maximum atomic E-state index is 11.0. The van der Waals surface area contributed by atoms with Crippen LogP contribution in [0.1, 0.15) is 43.7 Å².